The lowest BCUT2D eigenvalue weighted by Crippen LogP contribution is -2.21. The van der Waals surface area contributed by atoms with Crippen LogP contribution < -0.4 is 10.6 Å². The van der Waals surface area contributed by atoms with Gasteiger partial charge in [-0.25, -0.2) is 4.98 Å². The van der Waals surface area contributed by atoms with Crippen molar-refractivity contribution in [3.8, 4) is 0 Å². The number of rotatable bonds is 4. The van der Waals surface area contributed by atoms with E-state index in [9.17, 15) is 18.0 Å². The predicted molar refractivity (Wildman–Crippen MR) is 81.3 cm³/mol. The number of nitrogens with two attached hydrogens (primary N) is 1. The van der Waals surface area contributed by atoms with Crippen molar-refractivity contribution in [1.82, 2.24) is 4.98 Å². The lowest BCUT2D eigenvalue weighted by atomic mass is 10.1. The minimum atomic E-state index is -4.44. The summed E-state index contributed by atoms with van der Waals surface area (Å²) in [5, 5.41) is 0.133. The van der Waals surface area contributed by atoms with Crippen LogP contribution in [0.5, 0.6) is 0 Å². The molecule has 0 bridgehead atoms. The van der Waals surface area contributed by atoms with Crippen molar-refractivity contribution in [3.63, 3.8) is 0 Å². The van der Waals surface area contributed by atoms with Gasteiger partial charge in [0, 0.05) is 19.8 Å². The number of alkyl halides is 3. The summed E-state index contributed by atoms with van der Waals surface area (Å²) in [6, 6.07) is 6.61. The monoisotopic (exact) mass is 343 g/mol. The Labute approximate surface area is 135 Å². The van der Waals surface area contributed by atoms with E-state index >= 15 is 0 Å². The second kappa shape index (κ2) is 6.45. The zero-order valence-corrected chi connectivity index (χ0v) is 12.8. The zero-order valence-electron chi connectivity index (χ0n) is 12.1. The molecule has 0 atom stereocenters. The maximum Gasteiger partial charge on any atom is 0.416 e. The number of nitrogens with zero attached hydrogens (tertiary/aromatic N) is 2. The van der Waals surface area contributed by atoms with Crippen molar-refractivity contribution in [3.05, 3.63) is 58.2 Å². The molecular formula is C15H13ClF3N3O. The number of aromatic nitrogens is 1. The summed E-state index contributed by atoms with van der Waals surface area (Å²) in [6.45, 7) is -0.0433. The van der Waals surface area contributed by atoms with E-state index in [2.05, 4.69) is 4.98 Å². The van der Waals surface area contributed by atoms with Gasteiger partial charge in [-0.3, -0.25) is 4.79 Å². The molecule has 0 aliphatic heterocycles. The number of primary amides is 1. The molecule has 1 aromatic heterocycles. The molecule has 0 saturated heterocycles. The zero-order chi connectivity index (χ0) is 17.2. The lowest BCUT2D eigenvalue weighted by Gasteiger charge is -2.22. The lowest BCUT2D eigenvalue weighted by molar-refractivity contribution is -0.138. The first-order valence-electron chi connectivity index (χ1n) is 6.51. The summed E-state index contributed by atoms with van der Waals surface area (Å²) in [6.07, 6.45) is -3.21. The quantitative estimate of drug-likeness (QED) is 0.924. The summed E-state index contributed by atoms with van der Waals surface area (Å²) >= 11 is 6.03. The molecule has 0 aliphatic carbocycles. The van der Waals surface area contributed by atoms with Gasteiger partial charge < -0.3 is 10.6 Å². The van der Waals surface area contributed by atoms with Crippen LogP contribution in [0.1, 0.15) is 21.5 Å². The van der Waals surface area contributed by atoms with Gasteiger partial charge in [-0.15, -0.1) is 0 Å². The topological polar surface area (TPSA) is 59.2 Å². The Morgan fingerprint density at radius 3 is 2.57 bits per heavy atom. The number of carbonyl (C=O) groups excluding carboxylic acids is 1. The highest BCUT2D eigenvalue weighted by atomic mass is 35.5. The third kappa shape index (κ3) is 3.92. The maximum absolute atomic E-state index is 13.0. The smallest absolute Gasteiger partial charge is 0.366 e. The fraction of sp³-hybridized carbons (Fsp3) is 0.200. The molecule has 0 saturated carbocycles. The van der Waals surface area contributed by atoms with E-state index < -0.39 is 17.6 Å². The second-order valence-electron chi connectivity index (χ2n) is 4.90. The highest BCUT2D eigenvalue weighted by Crippen LogP contribution is 2.33. The summed E-state index contributed by atoms with van der Waals surface area (Å²) in [5.41, 5.74) is 4.64. The Kier molecular flexibility index (Phi) is 4.79. The Balaban J connectivity index is 2.30. The van der Waals surface area contributed by atoms with Crippen LogP contribution >= 0.6 is 11.6 Å². The molecule has 1 amide bonds. The normalized spacial score (nSPS) is 11.3. The first-order valence-corrected chi connectivity index (χ1v) is 6.89. The summed E-state index contributed by atoms with van der Waals surface area (Å²) in [5.74, 6) is -0.426. The van der Waals surface area contributed by atoms with Crippen LogP contribution in [0.25, 0.3) is 0 Å². The Morgan fingerprint density at radius 1 is 1.35 bits per heavy atom. The SMILES string of the molecule is CN(Cc1ccccc1C(F)(F)F)c1ncc(C(N)=O)cc1Cl. The van der Waals surface area contributed by atoms with Crippen LogP contribution in [0.3, 0.4) is 0 Å². The number of hydrogen-bond donors (Lipinski definition) is 1. The minimum absolute atomic E-state index is 0.0433. The first-order chi connectivity index (χ1) is 10.7. The summed E-state index contributed by atoms with van der Waals surface area (Å²) in [4.78, 5) is 16.5. The fourth-order valence-electron chi connectivity index (χ4n) is 2.11. The summed E-state index contributed by atoms with van der Waals surface area (Å²) < 4.78 is 39.0. The molecule has 0 unspecified atom stereocenters. The molecule has 2 rings (SSSR count). The van der Waals surface area contributed by atoms with E-state index in [0.29, 0.717) is 0 Å². The van der Waals surface area contributed by atoms with E-state index in [4.69, 9.17) is 17.3 Å². The van der Waals surface area contributed by atoms with E-state index in [0.717, 1.165) is 6.07 Å². The third-order valence-electron chi connectivity index (χ3n) is 3.20. The highest BCUT2D eigenvalue weighted by Gasteiger charge is 2.33. The highest BCUT2D eigenvalue weighted by molar-refractivity contribution is 6.33. The molecule has 0 spiro atoms. The third-order valence-corrected chi connectivity index (χ3v) is 3.48. The van der Waals surface area contributed by atoms with E-state index in [1.54, 1.807) is 7.05 Å². The van der Waals surface area contributed by atoms with Gasteiger partial charge in [0.1, 0.15) is 5.82 Å². The molecule has 2 N–H and O–H groups in total. The van der Waals surface area contributed by atoms with Gasteiger partial charge in [-0.05, 0) is 17.7 Å². The average molecular weight is 344 g/mol. The predicted octanol–water partition coefficient (Wildman–Crippen LogP) is 3.49. The van der Waals surface area contributed by atoms with Crippen LogP contribution in [0.15, 0.2) is 36.5 Å². The van der Waals surface area contributed by atoms with Crippen molar-refractivity contribution in [2.75, 3.05) is 11.9 Å². The average Bonchev–Trinajstić information content (AvgIpc) is 2.46. The molecule has 0 fully saturated rings. The molecule has 1 aromatic carbocycles. The molecule has 23 heavy (non-hydrogen) atoms. The molecule has 0 radical (unpaired) electrons. The van der Waals surface area contributed by atoms with Gasteiger partial charge >= 0.3 is 6.18 Å². The Hall–Kier alpha value is -2.28. The van der Waals surface area contributed by atoms with Crippen LogP contribution in [-0.4, -0.2) is 17.9 Å². The standard InChI is InChI=1S/C15H13ClF3N3O/c1-22(14-12(16)6-10(7-21-14)13(20)23)8-9-4-2-3-5-11(9)15(17,18)19/h2-7H,8H2,1H3,(H2,20,23). The van der Waals surface area contributed by atoms with Crippen LogP contribution in [0.4, 0.5) is 19.0 Å². The number of benzene rings is 1. The number of carbonyl (C=O) groups is 1. The van der Waals surface area contributed by atoms with Gasteiger partial charge in [0.2, 0.25) is 5.91 Å². The van der Waals surface area contributed by atoms with Crippen molar-refractivity contribution < 1.29 is 18.0 Å². The van der Waals surface area contributed by atoms with E-state index in [1.165, 1.54) is 35.4 Å². The van der Waals surface area contributed by atoms with Crippen molar-refractivity contribution in [1.29, 1.82) is 0 Å². The number of halogens is 4. The van der Waals surface area contributed by atoms with E-state index in [1.807, 2.05) is 0 Å². The number of hydrogen-bond acceptors (Lipinski definition) is 3. The number of pyridine rings is 1. The van der Waals surface area contributed by atoms with Crippen molar-refractivity contribution >= 4 is 23.3 Å². The Bertz CT molecular complexity index is 734. The fourth-order valence-corrected chi connectivity index (χ4v) is 2.42. The van der Waals surface area contributed by atoms with Gasteiger partial charge in [-0.1, -0.05) is 29.8 Å². The Morgan fingerprint density at radius 2 is 2.00 bits per heavy atom. The van der Waals surface area contributed by atoms with Crippen LogP contribution in [0, 0.1) is 0 Å². The molecule has 122 valence electrons. The first kappa shape index (κ1) is 17.1. The molecule has 2 aromatic rings. The van der Waals surface area contributed by atoms with Crippen molar-refractivity contribution in [2.24, 2.45) is 5.73 Å². The number of amides is 1. The molecule has 1 heterocycles. The summed E-state index contributed by atoms with van der Waals surface area (Å²) in [7, 11) is 1.56. The van der Waals surface area contributed by atoms with Gasteiger partial charge in [0.15, 0.2) is 0 Å². The molecular weight excluding hydrogens is 331 g/mol. The second-order valence-corrected chi connectivity index (χ2v) is 5.31. The molecule has 0 aliphatic rings. The molecule has 4 nitrogen and oxygen atoms in total. The van der Waals surface area contributed by atoms with E-state index in [-0.39, 0.29) is 28.5 Å². The molecule has 8 heteroatoms. The van der Waals surface area contributed by atoms with Gasteiger partial charge in [0.25, 0.3) is 0 Å². The maximum atomic E-state index is 13.0. The van der Waals surface area contributed by atoms with Gasteiger partial charge in [-0.2, -0.15) is 13.2 Å². The van der Waals surface area contributed by atoms with Gasteiger partial charge in [0.05, 0.1) is 16.1 Å². The van der Waals surface area contributed by atoms with Crippen molar-refractivity contribution in [2.45, 2.75) is 12.7 Å². The largest absolute Gasteiger partial charge is 0.416 e. The van der Waals surface area contributed by atoms with Crippen LogP contribution in [0.2, 0.25) is 5.02 Å². The van der Waals surface area contributed by atoms with Crippen LogP contribution in [-0.2, 0) is 12.7 Å². The number of anilines is 1. The minimum Gasteiger partial charge on any atom is -0.366 e.